The molecule has 2 aromatic heterocycles. The molecule has 2 heterocycles. The van der Waals surface area contributed by atoms with Gasteiger partial charge in [0.2, 0.25) is 0 Å². The van der Waals surface area contributed by atoms with Crippen molar-refractivity contribution in [2.24, 2.45) is 0 Å². The minimum absolute atomic E-state index is 0.681. The Morgan fingerprint density at radius 3 is 3.00 bits per heavy atom. The Kier molecular flexibility index (Phi) is 3.84. The summed E-state index contributed by atoms with van der Waals surface area (Å²) in [5, 5.41) is 3.45. The van der Waals surface area contributed by atoms with Crippen LogP contribution in [0.15, 0.2) is 30.5 Å². The molecule has 0 aliphatic carbocycles. The first-order valence-corrected chi connectivity index (χ1v) is 7.89. The normalized spacial score (nSPS) is 11.0. The van der Waals surface area contributed by atoms with Crippen LogP contribution >= 0.6 is 11.3 Å². The second-order valence-electron chi connectivity index (χ2n) is 4.95. The molecule has 3 rings (SSSR count). The van der Waals surface area contributed by atoms with Gasteiger partial charge in [0, 0.05) is 22.8 Å². The molecule has 0 aliphatic rings. The minimum Gasteiger partial charge on any atom is -0.494 e. The molecule has 0 fully saturated rings. The molecule has 110 valence electrons. The monoisotopic (exact) mass is 301 g/mol. The predicted molar refractivity (Wildman–Crippen MR) is 87.5 cm³/mol. The molecule has 5 heteroatoms. The van der Waals surface area contributed by atoms with Crippen molar-refractivity contribution in [2.45, 2.75) is 27.3 Å². The first-order chi connectivity index (χ1) is 10.2. The third-order valence-corrected chi connectivity index (χ3v) is 4.24. The molecule has 3 aromatic rings. The molecule has 0 amide bonds. The van der Waals surface area contributed by atoms with Crippen molar-refractivity contribution in [3.63, 3.8) is 0 Å². The van der Waals surface area contributed by atoms with Gasteiger partial charge in [0.15, 0.2) is 4.96 Å². The first kappa shape index (κ1) is 13.9. The Balaban J connectivity index is 1.79. The summed E-state index contributed by atoms with van der Waals surface area (Å²) in [6.45, 7) is 7.59. The van der Waals surface area contributed by atoms with Crippen LogP contribution in [0.3, 0.4) is 0 Å². The maximum Gasteiger partial charge on any atom is 0.194 e. The predicted octanol–water partition coefficient (Wildman–Crippen LogP) is 4.02. The molecule has 4 nitrogen and oxygen atoms in total. The SMILES string of the molecule is CCOc1cccc(NCc2c(C)nc3sc(C)cn23)c1. The van der Waals surface area contributed by atoms with Crippen LogP contribution in [0.5, 0.6) is 5.75 Å². The zero-order valence-electron chi connectivity index (χ0n) is 12.5. The van der Waals surface area contributed by atoms with E-state index in [-0.39, 0.29) is 0 Å². The molecule has 0 saturated heterocycles. The van der Waals surface area contributed by atoms with Crippen LogP contribution in [-0.4, -0.2) is 16.0 Å². The molecule has 1 N–H and O–H groups in total. The van der Waals surface area contributed by atoms with Crippen LogP contribution in [0, 0.1) is 13.8 Å². The second-order valence-corrected chi connectivity index (χ2v) is 6.17. The van der Waals surface area contributed by atoms with Gasteiger partial charge in [0.05, 0.1) is 24.5 Å². The topological polar surface area (TPSA) is 38.6 Å². The van der Waals surface area contributed by atoms with Crippen LogP contribution in [0.2, 0.25) is 0 Å². The summed E-state index contributed by atoms with van der Waals surface area (Å²) in [4.78, 5) is 6.95. The molecule has 21 heavy (non-hydrogen) atoms. The fourth-order valence-electron chi connectivity index (χ4n) is 2.37. The Labute approximate surface area is 128 Å². The number of thiazole rings is 1. The zero-order valence-corrected chi connectivity index (χ0v) is 13.3. The minimum atomic E-state index is 0.681. The lowest BCUT2D eigenvalue weighted by molar-refractivity contribution is 0.340. The van der Waals surface area contributed by atoms with Gasteiger partial charge >= 0.3 is 0 Å². The Morgan fingerprint density at radius 1 is 1.33 bits per heavy atom. The number of nitrogens with zero attached hydrogens (tertiary/aromatic N) is 2. The lowest BCUT2D eigenvalue weighted by atomic mass is 10.2. The third-order valence-electron chi connectivity index (χ3n) is 3.35. The smallest absolute Gasteiger partial charge is 0.194 e. The summed E-state index contributed by atoms with van der Waals surface area (Å²) >= 11 is 1.72. The number of anilines is 1. The Bertz CT molecular complexity index is 760. The van der Waals surface area contributed by atoms with Crippen LogP contribution in [-0.2, 0) is 6.54 Å². The highest BCUT2D eigenvalue weighted by atomic mass is 32.1. The lowest BCUT2D eigenvalue weighted by Gasteiger charge is -2.09. The number of hydrogen-bond donors (Lipinski definition) is 1. The molecular weight excluding hydrogens is 282 g/mol. The summed E-state index contributed by atoms with van der Waals surface area (Å²) in [6, 6.07) is 8.05. The average Bonchev–Trinajstić information content (AvgIpc) is 2.93. The largest absolute Gasteiger partial charge is 0.494 e. The van der Waals surface area contributed by atoms with Gasteiger partial charge in [-0.05, 0) is 32.9 Å². The van der Waals surface area contributed by atoms with Crippen LogP contribution < -0.4 is 10.1 Å². The fraction of sp³-hybridized carbons (Fsp3) is 0.312. The standard InChI is InChI=1S/C16H19N3OS/c1-4-20-14-7-5-6-13(8-14)17-9-15-12(3)18-16-19(15)10-11(2)21-16/h5-8,10,17H,4,9H2,1-3H3. The summed E-state index contributed by atoms with van der Waals surface area (Å²) in [6.07, 6.45) is 2.15. The lowest BCUT2D eigenvalue weighted by Crippen LogP contribution is -2.04. The quantitative estimate of drug-likeness (QED) is 0.773. The Morgan fingerprint density at radius 2 is 2.19 bits per heavy atom. The number of aromatic nitrogens is 2. The van der Waals surface area contributed by atoms with Crippen molar-refractivity contribution in [1.82, 2.24) is 9.38 Å². The van der Waals surface area contributed by atoms with E-state index >= 15 is 0 Å². The van der Waals surface area contributed by atoms with Gasteiger partial charge in [-0.1, -0.05) is 6.07 Å². The van der Waals surface area contributed by atoms with E-state index in [9.17, 15) is 0 Å². The highest BCUT2D eigenvalue weighted by Gasteiger charge is 2.10. The highest BCUT2D eigenvalue weighted by molar-refractivity contribution is 7.17. The summed E-state index contributed by atoms with van der Waals surface area (Å²) in [7, 11) is 0. The van der Waals surface area contributed by atoms with Crippen molar-refractivity contribution < 1.29 is 4.74 Å². The number of ether oxygens (including phenoxy) is 1. The number of rotatable bonds is 5. The molecule has 0 saturated carbocycles. The molecule has 0 radical (unpaired) electrons. The van der Waals surface area contributed by atoms with E-state index in [1.807, 2.05) is 25.1 Å². The molecular formula is C16H19N3OS. The van der Waals surface area contributed by atoms with Gasteiger partial charge in [0.1, 0.15) is 5.75 Å². The Hall–Kier alpha value is -2.01. The highest BCUT2D eigenvalue weighted by Crippen LogP contribution is 2.22. The van der Waals surface area contributed by atoms with Crippen molar-refractivity contribution in [3.8, 4) is 5.75 Å². The number of benzene rings is 1. The maximum atomic E-state index is 5.52. The van der Waals surface area contributed by atoms with E-state index in [2.05, 4.69) is 40.8 Å². The van der Waals surface area contributed by atoms with Crippen LogP contribution in [0.4, 0.5) is 5.69 Å². The molecule has 1 aromatic carbocycles. The van der Waals surface area contributed by atoms with Gasteiger partial charge < -0.3 is 10.1 Å². The second kappa shape index (κ2) is 5.77. The summed E-state index contributed by atoms with van der Waals surface area (Å²) in [5.74, 6) is 0.893. The third kappa shape index (κ3) is 2.88. The maximum absolute atomic E-state index is 5.52. The van der Waals surface area contributed by atoms with E-state index in [1.165, 1.54) is 10.6 Å². The van der Waals surface area contributed by atoms with Crippen molar-refractivity contribution in [2.75, 3.05) is 11.9 Å². The van der Waals surface area contributed by atoms with E-state index in [4.69, 9.17) is 4.74 Å². The van der Waals surface area contributed by atoms with Gasteiger partial charge in [0.25, 0.3) is 0 Å². The number of hydrogen-bond acceptors (Lipinski definition) is 4. The summed E-state index contributed by atoms with van der Waals surface area (Å²) in [5.41, 5.74) is 3.34. The van der Waals surface area contributed by atoms with Gasteiger partial charge in [-0.3, -0.25) is 4.40 Å². The summed E-state index contributed by atoms with van der Waals surface area (Å²) < 4.78 is 7.70. The van der Waals surface area contributed by atoms with Crippen molar-refractivity contribution >= 4 is 22.0 Å². The van der Waals surface area contributed by atoms with E-state index in [0.717, 1.165) is 28.6 Å². The number of fused-ring (bicyclic) bond motifs is 1. The number of aryl methyl sites for hydroxylation is 2. The van der Waals surface area contributed by atoms with Gasteiger partial charge in [-0.25, -0.2) is 4.98 Å². The molecule has 0 aliphatic heterocycles. The molecule has 0 unspecified atom stereocenters. The van der Waals surface area contributed by atoms with E-state index < -0.39 is 0 Å². The zero-order chi connectivity index (χ0) is 14.8. The van der Waals surface area contributed by atoms with Crippen molar-refractivity contribution in [3.05, 3.63) is 46.7 Å². The van der Waals surface area contributed by atoms with E-state index in [0.29, 0.717) is 6.61 Å². The average molecular weight is 301 g/mol. The molecule has 0 bridgehead atoms. The number of nitrogens with one attached hydrogen (secondary N) is 1. The van der Waals surface area contributed by atoms with Gasteiger partial charge in [-0.2, -0.15) is 0 Å². The van der Waals surface area contributed by atoms with Gasteiger partial charge in [-0.15, -0.1) is 11.3 Å². The molecule has 0 spiro atoms. The molecule has 0 atom stereocenters. The first-order valence-electron chi connectivity index (χ1n) is 7.08. The van der Waals surface area contributed by atoms with Crippen LogP contribution in [0.25, 0.3) is 4.96 Å². The van der Waals surface area contributed by atoms with E-state index in [1.54, 1.807) is 11.3 Å². The number of imidazole rings is 1. The van der Waals surface area contributed by atoms with Crippen LogP contribution in [0.1, 0.15) is 23.2 Å². The fourth-order valence-corrected chi connectivity index (χ4v) is 3.26. The van der Waals surface area contributed by atoms with Crippen molar-refractivity contribution in [1.29, 1.82) is 0 Å².